The van der Waals surface area contributed by atoms with E-state index in [1.807, 2.05) is 60.8 Å². The van der Waals surface area contributed by atoms with Crippen molar-refractivity contribution in [2.24, 2.45) is 0 Å². The quantitative estimate of drug-likeness (QED) is 0.218. The predicted octanol–water partition coefficient (Wildman–Crippen LogP) is 5.11. The molecule has 3 aromatic rings. The van der Waals surface area contributed by atoms with Crippen molar-refractivity contribution >= 4 is 50.1 Å². The number of para-hydroxylation sites is 1. The Hall–Kier alpha value is -2.95. The molecule has 0 bridgehead atoms. The van der Waals surface area contributed by atoms with Crippen LogP contribution in [0, 0.1) is 0 Å². The van der Waals surface area contributed by atoms with E-state index in [2.05, 4.69) is 6.92 Å². The molecule has 1 amide bonds. The Kier molecular flexibility index (Phi) is 7.50. The highest BCUT2D eigenvalue weighted by Gasteiger charge is 2.42. The lowest BCUT2D eigenvalue weighted by Crippen LogP contribution is -2.39. The van der Waals surface area contributed by atoms with E-state index in [4.69, 9.17) is 22.1 Å². The number of unbranched alkanes of at least 4 members (excludes halogenated alkanes) is 1. The maximum atomic E-state index is 13.3. The SMILES string of the molecule is CCCCOc1ccc(-c2nn(-c3ccccc3)cc2/C=C2/SC(=S)N([C@@H]3CCS(=O)(=O)C3)C2=O)cc1. The third kappa shape index (κ3) is 5.66. The van der Waals surface area contributed by atoms with Gasteiger partial charge in [-0.25, -0.2) is 13.1 Å². The van der Waals surface area contributed by atoms with E-state index in [0.29, 0.717) is 22.3 Å². The van der Waals surface area contributed by atoms with E-state index in [9.17, 15) is 13.2 Å². The zero-order chi connectivity index (χ0) is 26.0. The minimum atomic E-state index is -3.14. The van der Waals surface area contributed by atoms with E-state index in [-0.39, 0.29) is 17.4 Å². The molecule has 1 aromatic heterocycles. The van der Waals surface area contributed by atoms with E-state index in [1.165, 1.54) is 16.7 Å². The summed E-state index contributed by atoms with van der Waals surface area (Å²) >= 11 is 6.69. The van der Waals surface area contributed by atoms with Gasteiger partial charge in [0.05, 0.1) is 40.4 Å². The first-order valence-electron chi connectivity index (χ1n) is 12.2. The van der Waals surface area contributed by atoms with Gasteiger partial charge in [-0.3, -0.25) is 9.69 Å². The van der Waals surface area contributed by atoms with Crippen LogP contribution in [0.15, 0.2) is 65.7 Å². The number of benzene rings is 2. The Morgan fingerprint density at radius 3 is 2.59 bits per heavy atom. The van der Waals surface area contributed by atoms with Gasteiger partial charge in [-0.15, -0.1) is 0 Å². The summed E-state index contributed by atoms with van der Waals surface area (Å²) in [6, 6.07) is 17.1. The Labute approximate surface area is 226 Å². The van der Waals surface area contributed by atoms with Crippen molar-refractivity contribution in [3.05, 3.63) is 71.3 Å². The molecular weight excluding hydrogens is 527 g/mol. The average Bonchev–Trinajstić information content (AvgIpc) is 3.55. The monoisotopic (exact) mass is 553 g/mol. The smallest absolute Gasteiger partial charge is 0.266 e. The van der Waals surface area contributed by atoms with E-state index >= 15 is 0 Å². The second-order valence-electron chi connectivity index (χ2n) is 9.05. The summed E-state index contributed by atoms with van der Waals surface area (Å²) in [6.07, 6.45) is 6.17. The number of carbonyl (C=O) groups excluding carboxylic acids is 1. The molecule has 7 nitrogen and oxygen atoms in total. The number of ether oxygens (including phenoxy) is 1. The third-order valence-corrected chi connectivity index (χ3v) is 9.42. The van der Waals surface area contributed by atoms with Crippen LogP contribution in [0.5, 0.6) is 5.75 Å². The summed E-state index contributed by atoms with van der Waals surface area (Å²) < 4.78 is 32.0. The number of hydrogen-bond donors (Lipinski definition) is 0. The summed E-state index contributed by atoms with van der Waals surface area (Å²) in [5.74, 6) is 0.583. The first-order chi connectivity index (χ1) is 17.8. The molecule has 0 N–H and O–H groups in total. The van der Waals surface area contributed by atoms with Gasteiger partial charge in [0.25, 0.3) is 5.91 Å². The third-order valence-electron chi connectivity index (χ3n) is 6.34. The van der Waals surface area contributed by atoms with Crippen LogP contribution in [-0.4, -0.2) is 57.5 Å². The van der Waals surface area contributed by atoms with Gasteiger partial charge in [-0.2, -0.15) is 5.10 Å². The summed E-state index contributed by atoms with van der Waals surface area (Å²) in [5, 5.41) is 4.84. The van der Waals surface area contributed by atoms with Crippen molar-refractivity contribution in [1.82, 2.24) is 14.7 Å². The highest BCUT2D eigenvalue weighted by atomic mass is 32.2. The molecule has 0 unspecified atom stereocenters. The van der Waals surface area contributed by atoms with Crippen molar-refractivity contribution in [3.63, 3.8) is 0 Å². The zero-order valence-corrected chi connectivity index (χ0v) is 22.8. The number of amides is 1. The number of sulfone groups is 1. The van der Waals surface area contributed by atoms with Crippen molar-refractivity contribution in [2.75, 3.05) is 18.1 Å². The summed E-state index contributed by atoms with van der Waals surface area (Å²) in [4.78, 5) is 15.3. The summed E-state index contributed by atoms with van der Waals surface area (Å²) in [5.41, 5.74) is 3.27. The van der Waals surface area contributed by atoms with Gasteiger partial charge in [0.15, 0.2) is 9.84 Å². The predicted molar refractivity (Wildman–Crippen MR) is 151 cm³/mol. The zero-order valence-electron chi connectivity index (χ0n) is 20.4. The van der Waals surface area contributed by atoms with Crippen molar-refractivity contribution in [3.8, 4) is 22.7 Å². The number of carbonyl (C=O) groups is 1. The molecule has 2 aliphatic rings. The molecule has 0 saturated carbocycles. The fourth-order valence-corrected chi connectivity index (χ4v) is 7.48. The second kappa shape index (κ2) is 10.8. The average molecular weight is 554 g/mol. The number of hydrogen-bond acceptors (Lipinski definition) is 7. The highest BCUT2D eigenvalue weighted by Crippen LogP contribution is 2.38. The van der Waals surface area contributed by atoms with Gasteiger partial charge in [-0.05, 0) is 55.3 Å². The maximum Gasteiger partial charge on any atom is 0.266 e. The molecule has 2 fully saturated rings. The van der Waals surface area contributed by atoms with Crippen LogP contribution in [0.3, 0.4) is 0 Å². The Morgan fingerprint density at radius 2 is 1.92 bits per heavy atom. The minimum Gasteiger partial charge on any atom is -0.494 e. The Morgan fingerprint density at radius 1 is 1.16 bits per heavy atom. The van der Waals surface area contributed by atoms with E-state index < -0.39 is 15.9 Å². The van der Waals surface area contributed by atoms with E-state index in [0.717, 1.165) is 41.1 Å². The fourth-order valence-electron chi connectivity index (χ4n) is 4.39. The number of thiocarbonyl (C=S) groups is 1. The molecule has 0 spiro atoms. The highest BCUT2D eigenvalue weighted by molar-refractivity contribution is 8.26. The van der Waals surface area contributed by atoms with Gasteiger partial charge in [-0.1, -0.05) is 55.5 Å². The molecule has 1 atom stereocenters. The Bertz CT molecular complexity index is 1450. The van der Waals surface area contributed by atoms with E-state index in [1.54, 1.807) is 10.8 Å². The van der Waals surface area contributed by atoms with Crippen LogP contribution in [0.25, 0.3) is 23.0 Å². The molecule has 192 valence electrons. The largest absolute Gasteiger partial charge is 0.494 e. The number of rotatable bonds is 8. The molecule has 2 aromatic carbocycles. The summed E-state index contributed by atoms with van der Waals surface area (Å²) in [6.45, 7) is 2.80. The molecule has 3 heterocycles. The topological polar surface area (TPSA) is 81.5 Å². The standard InChI is InChI=1S/C27H27N3O4S3/c1-2-3-14-34-23-11-9-19(10-12-23)25-20(17-29(28-25)21-7-5-4-6-8-21)16-24-26(31)30(27(35)36-24)22-13-15-37(32,33)18-22/h4-12,16-17,22H,2-3,13-15,18H2,1H3/b24-16+/t22-/m1/s1. The molecule has 5 rings (SSSR count). The first-order valence-corrected chi connectivity index (χ1v) is 15.2. The van der Waals surface area contributed by atoms with Crippen LogP contribution in [-0.2, 0) is 14.6 Å². The van der Waals surface area contributed by atoms with Gasteiger partial charge >= 0.3 is 0 Å². The lowest BCUT2D eigenvalue weighted by molar-refractivity contribution is -0.123. The van der Waals surface area contributed by atoms with Crippen LogP contribution in [0.1, 0.15) is 31.7 Å². The van der Waals surface area contributed by atoms with Gasteiger partial charge in [0.1, 0.15) is 10.1 Å². The number of nitrogens with zero attached hydrogens (tertiary/aromatic N) is 3. The normalized spacial score (nSPS) is 20.2. The van der Waals surface area contributed by atoms with Crippen molar-refractivity contribution in [2.45, 2.75) is 32.2 Å². The minimum absolute atomic E-state index is 0.0451. The second-order valence-corrected chi connectivity index (χ2v) is 13.0. The van der Waals surface area contributed by atoms with Gasteiger partial charge in [0.2, 0.25) is 0 Å². The Balaban J connectivity index is 1.48. The van der Waals surface area contributed by atoms with Crippen LogP contribution < -0.4 is 4.74 Å². The maximum absolute atomic E-state index is 13.3. The molecule has 0 radical (unpaired) electrons. The van der Waals surface area contributed by atoms with Crippen LogP contribution in [0.4, 0.5) is 0 Å². The molecule has 10 heteroatoms. The number of thioether (sulfide) groups is 1. The molecule has 37 heavy (non-hydrogen) atoms. The molecular formula is C27H27N3O4S3. The van der Waals surface area contributed by atoms with Crippen molar-refractivity contribution in [1.29, 1.82) is 0 Å². The molecule has 2 aliphatic heterocycles. The lowest BCUT2D eigenvalue weighted by Gasteiger charge is -2.20. The molecule has 0 aliphatic carbocycles. The van der Waals surface area contributed by atoms with Gasteiger partial charge in [0, 0.05) is 17.3 Å². The van der Waals surface area contributed by atoms with Crippen LogP contribution >= 0.6 is 24.0 Å². The lowest BCUT2D eigenvalue weighted by atomic mass is 10.1. The molecule has 2 saturated heterocycles. The van der Waals surface area contributed by atoms with Gasteiger partial charge < -0.3 is 4.74 Å². The summed E-state index contributed by atoms with van der Waals surface area (Å²) in [7, 11) is -3.14. The van der Waals surface area contributed by atoms with Crippen molar-refractivity contribution < 1.29 is 17.9 Å². The number of aromatic nitrogens is 2. The fraction of sp³-hybridized carbons (Fsp3) is 0.296. The first kappa shape index (κ1) is 25.7. The van der Waals surface area contributed by atoms with Crippen LogP contribution in [0.2, 0.25) is 0 Å².